The van der Waals surface area contributed by atoms with Crippen molar-refractivity contribution < 1.29 is 9.53 Å². The number of aromatic nitrogens is 2. The summed E-state index contributed by atoms with van der Waals surface area (Å²) in [6, 6.07) is 5.45. The molecular formula is C17H19Cl2N3O2. The molecule has 1 unspecified atom stereocenters. The number of carbonyl (C=O) groups is 1. The van der Waals surface area contributed by atoms with Gasteiger partial charge in [-0.05, 0) is 29.7 Å². The Hall–Kier alpha value is -1.56. The van der Waals surface area contributed by atoms with Gasteiger partial charge in [-0.25, -0.2) is 0 Å². The number of amides is 1. The Labute approximate surface area is 151 Å². The largest absolute Gasteiger partial charge is 0.370 e. The Morgan fingerprint density at radius 2 is 2.21 bits per heavy atom. The Kier molecular flexibility index (Phi) is 5.43. The van der Waals surface area contributed by atoms with E-state index in [4.69, 9.17) is 27.9 Å². The number of benzene rings is 1. The standard InChI is InChI=1S/C17H19Cl2N3O2/c1-21-10-12(9-20-21)2-5-17(23)22-6-7-24-16(11-22)13-3-4-14(18)15(19)8-13/h3-4,8-10,16H,2,5-7,11H2,1H3. The fraction of sp³-hybridized carbons (Fsp3) is 0.412. The number of hydrogen-bond donors (Lipinski definition) is 0. The molecule has 0 saturated carbocycles. The molecule has 24 heavy (non-hydrogen) atoms. The SMILES string of the molecule is Cn1cc(CCC(=O)N2CCOC(c3ccc(Cl)c(Cl)c3)C2)cn1. The summed E-state index contributed by atoms with van der Waals surface area (Å²) < 4.78 is 7.54. The van der Waals surface area contributed by atoms with Crippen LogP contribution in [-0.2, 0) is 23.0 Å². The van der Waals surface area contributed by atoms with Crippen LogP contribution >= 0.6 is 23.2 Å². The first-order valence-electron chi connectivity index (χ1n) is 7.85. The molecule has 0 aliphatic carbocycles. The van der Waals surface area contributed by atoms with Gasteiger partial charge in [0, 0.05) is 26.2 Å². The highest BCUT2D eigenvalue weighted by Gasteiger charge is 2.25. The lowest BCUT2D eigenvalue weighted by molar-refractivity contribution is -0.139. The summed E-state index contributed by atoms with van der Waals surface area (Å²) in [4.78, 5) is 14.3. The summed E-state index contributed by atoms with van der Waals surface area (Å²) in [7, 11) is 1.87. The smallest absolute Gasteiger partial charge is 0.223 e. The fourth-order valence-corrected chi connectivity index (χ4v) is 3.11. The molecule has 0 radical (unpaired) electrons. The third kappa shape index (κ3) is 4.09. The van der Waals surface area contributed by atoms with Crippen LogP contribution in [0.5, 0.6) is 0 Å². The predicted octanol–water partition coefficient (Wildman–Crippen LogP) is 3.26. The van der Waals surface area contributed by atoms with Gasteiger partial charge < -0.3 is 9.64 Å². The second-order valence-corrected chi connectivity index (χ2v) is 6.71. The molecule has 7 heteroatoms. The van der Waals surface area contributed by atoms with Gasteiger partial charge in [-0.3, -0.25) is 9.48 Å². The zero-order chi connectivity index (χ0) is 17.1. The van der Waals surface area contributed by atoms with Gasteiger partial charge in [0.15, 0.2) is 0 Å². The lowest BCUT2D eigenvalue weighted by Gasteiger charge is -2.33. The van der Waals surface area contributed by atoms with E-state index in [0.29, 0.717) is 42.6 Å². The van der Waals surface area contributed by atoms with E-state index in [1.165, 1.54) is 0 Å². The first-order valence-corrected chi connectivity index (χ1v) is 8.60. The minimum atomic E-state index is -0.171. The third-order valence-corrected chi connectivity index (χ3v) is 4.86. The first-order chi connectivity index (χ1) is 11.5. The van der Waals surface area contributed by atoms with Gasteiger partial charge in [-0.15, -0.1) is 0 Å². The third-order valence-electron chi connectivity index (χ3n) is 4.12. The molecule has 0 spiro atoms. The minimum Gasteiger partial charge on any atom is -0.370 e. The van der Waals surface area contributed by atoms with Gasteiger partial charge in [-0.2, -0.15) is 5.10 Å². The lowest BCUT2D eigenvalue weighted by atomic mass is 10.1. The van der Waals surface area contributed by atoms with E-state index in [0.717, 1.165) is 11.1 Å². The monoisotopic (exact) mass is 367 g/mol. The lowest BCUT2D eigenvalue weighted by Crippen LogP contribution is -2.42. The molecule has 1 fully saturated rings. The quantitative estimate of drug-likeness (QED) is 0.832. The van der Waals surface area contributed by atoms with Crippen molar-refractivity contribution in [3.05, 3.63) is 51.8 Å². The summed E-state index contributed by atoms with van der Waals surface area (Å²) >= 11 is 12.0. The molecule has 1 aliphatic rings. The van der Waals surface area contributed by atoms with Crippen LogP contribution in [0.4, 0.5) is 0 Å². The molecule has 1 aromatic carbocycles. The van der Waals surface area contributed by atoms with E-state index < -0.39 is 0 Å². The molecular weight excluding hydrogens is 349 g/mol. The number of rotatable bonds is 4. The van der Waals surface area contributed by atoms with Crippen molar-refractivity contribution >= 4 is 29.1 Å². The van der Waals surface area contributed by atoms with Crippen LogP contribution in [0.2, 0.25) is 10.0 Å². The van der Waals surface area contributed by atoms with Gasteiger partial charge in [-0.1, -0.05) is 29.3 Å². The summed E-state index contributed by atoms with van der Waals surface area (Å²) in [6.07, 6.45) is 4.73. The van der Waals surface area contributed by atoms with Crippen LogP contribution in [0.1, 0.15) is 23.7 Å². The van der Waals surface area contributed by atoms with E-state index in [1.807, 2.05) is 24.2 Å². The molecule has 1 atom stereocenters. The molecule has 0 N–H and O–H groups in total. The number of nitrogens with zero attached hydrogens (tertiary/aromatic N) is 3. The van der Waals surface area contributed by atoms with Crippen LogP contribution in [0.25, 0.3) is 0 Å². The normalized spacial score (nSPS) is 18.0. The van der Waals surface area contributed by atoms with Crippen LogP contribution in [0.15, 0.2) is 30.6 Å². The maximum atomic E-state index is 12.5. The molecule has 1 aromatic heterocycles. The molecule has 0 bridgehead atoms. The second kappa shape index (κ2) is 7.55. The fourth-order valence-electron chi connectivity index (χ4n) is 2.80. The van der Waals surface area contributed by atoms with E-state index in [1.54, 1.807) is 23.0 Å². The number of morpholine rings is 1. The molecule has 2 aromatic rings. The Balaban J connectivity index is 1.60. The Morgan fingerprint density at radius 3 is 2.92 bits per heavy atom. The molecule has 1 aliphatic heterocycles. The van der Waals surface area contributed by atoms with Crippen molar-refractivity contribution in [1.82, 2.24) is 14.7 Å². The number of hydrogen-bond acceptors (Lipinski definition) is 3. The van der Waals surface area contributed by atoms with Crippen LogP contribution < -0.4 is 0 Å². The van der Waals surface area contributed by atoms with Gasteiger partial charge in [0.2, 0.25) is 5.91 Å². The van der Waals surface area contributed by atoms with Gasteiger partial charge in [0.05, 0.1) is 29.4 Å². The van der Waals surface area contributed by atoms with Crippen molar-refractivity contribution in [3.8, 4) is 0 Å². The van der Waals surface area contributed by atoms with Gasteiger partial charge >= 0.3 is 0 Å². The van der Waals surface area contributed by atoms with Crippen LogP contribution in [0, 0.1) is 0 Å². The topological polar surface area (TPSA) is 47.4 Å². The maximum Gasteiger partial charge on any atom is 0.223 e. The summed E-state index contributed by atoms with van der Waals surface area (Å²) in [5, 5.41) is 5.14. The van der Waals surface area contributed by atoms with Gasteiger partial charge in [0.25, 0.3) is 0 Å². The highest BCUT2D eigenvalue weighted by Crippen LogP contribution is 2.29. The zero-order valence-corrected chi connectivity index (χ0v) is 14.9. The molecule has 1 saturated heterocycles. The van der Waals surface area contributed by atoms with E-state index in [2.05, 4.69) is 5.10 Å². The molecule has 128 valence electrons. The summed E-state index contributed by atoms with van der Waals surface area (Å²) in [5.74, 6) is 0.132. The second-order valence-electron chi connectivity index (χ2n) is 5.89. The molecule has 2 heterocycles. The van der Waals surface area contributed by atoms with Gasteiger partial charge in [0.1, 0.15) is 6.10 Å². The average molecular weight is 368 g/mol. The highest BCUT2D eigenvalue weighted by atomic mass is 35.5. The number of carbonyl (C=O) groups excluding carboxylic acids is 1. The van der Waals surface area contributed by atoms with Crippen LogP contribution in [0.3, 0.4) is 0 Å². The molecule has 1 amide bonds. The summed E-state index contributed by atoms with van der Waals surface area (Å²) in [6.45, 7) is 1.66. The van der Waals surface area contributed by atoms with Crippen molar-refractivity contribution in [3.63, 3.8) is 0 Å². The molecule has 3 rings (SSSR count). The summed E-state index contributed by atoms with van der Waals surface area (Å²) in [5.41, 5.74) is 2.01. The Bertz CT molecular complexity index is 732. The minimum absolute atomic E-state index is 0.132. The van der Waals surface area contributed by atoms with Crippen LogP contribution in [-0.4, -0.2) is 40.3 Å². The maximum absolute atomic E-state index is 12.5. The van der Waals surface area contributed by atoms with Crippen molar-refractivity contribution in [2.24, 2.45) is 7.05 Å². The van der Waals surface area contributed by atoms with E-state index in [9.17, 15) is 4.79 Å². The highest BCUT2D eigenvalue weighted by molar-refractivity contribution is 6.42. The molecule has 5 nitrogen and oxygen atoms in total. The van der Waals surface area contributed by atoms with Crippen molar-refractivity contribution in [2.45, 2.75) is 18.9 Å². The first kappa shape index (κ1) is 17.3. The number of ether oxygens (including phenoxy) is 1. The van der Waals surface area contributed by atoms with Crippen molar-refractivity contribution in [2.75, 3.05) is 19.7 Å². The average Bonchev–Trinajstić information content (AvgIpc) is 3.00. The van der Waals surface area contributed by atoms with Crippen molar-refractivity contribution in [1.29, 1.82) is 0 Å². The number of aryl methyl sites for hydroxylation is 2. The zero-order valence-electron chi connectivity index (χ0n) is 13.4. The van der Waals surface area contributed by atoms with E-state index in [-0.39, 0.29) is 12.0 Å². The number of halogens is 2. The van der Waals surface area contributed by atoms with E-state index >= 15 is 0 Å². The Morgan fingerprint density at radius 1 is 1.38 bits per heavy atom. The predicted molar refractivity (Wildman–Crippen MR) is 93.3 cm³/mol.